The van der Waals surface area contributed by atoms with E-state index in [1.165, 1.54) is 12.8 Å². The molecule has 0 aliphatic carbocycles. The number of hydrogen-bond acceptors (Lipinski definition) is 6. The number of aromatic nitrogens is 1. The number of benzene rings is 1. The van der Waals surface area contributed by atoms with Crippen molar-refractivity contribution in [2.24, 2.45) is 11.8 Å². The maximum absolute atomic E-state index is 12.7. The summed E-state index contributed by atoms with van der Waals surface area (Å²) < 4.78 is 10.7. The summed E-state index contributed by atoms with van der Waals surface area (Å²) in [4.78, 5) is 22.1. The van der Waals surface area contributed by atoms with Gasteiger partial charge < -0.3 is 19.7 Å². The number of ether oxygens (including phenoxy) is 2. The highest BCUT2D eigenvalue weighted by atomic mass is 16.7. The van der Waals surface area contributed by atoms with E-state index in [1.54, 1.807) is 18.2 Å². The molecule has 3 saturated heterocycles. The molecule has 1 aromatic carbocycles. The highest BCUT2D eigenvalue weighted by Crippen LogP contribution is 2.36. The van der Waals surface area contributed by atoms with E-state index in [9.17, 15) is 4.79 Å². The van der Waals surface area contributed by atoms with Crippen molar-refractivity contribution in [3.05, 3.63) is 53.9 Å². The van der Waals surface area contributed by atoms with Crippen LogP contribution in [0.5, 0.6) is 11.5 Å². The lowest BCUT2D eigenvalue weighted by Crippen LogP contribution is -2.58. The molecule has 5 heterocycles. The first-order chi connectivity index (χ1) is 15.7. The molecule has 6 rings (SSSR count). The topological polar surface area (TPSA) is 66.9 Å². The number of hydrogen-bond donors (Lipinski definition) is 1. The smallest absolute Gasteiger partial charge is 0.251 e. The van der Waals surface area contributed by atoms with Gasteiger partial charge >= 0.3 is 0 Å². The molecule has 1 aromatic heterocycles. The second kappa shape index (κ2) is 9.46. The van der Waals surface area contributed by atoms with Crippen LogP contribution in [0.2, 0.25) is 0 Å². The summed E-state index contributed by atoms with van der Waals surface area (Å²) in [5.41, 5.74) is 1.78. The van der Waals surface area contributed by atoms with Crippen LogP contribution in [-0.4, -0.2) is 73.3 Å². The second-order valence-electron chi connectivity index (χ2n) is 9.30. The second-order valence-corrected chi connectivity index (χ2v) is 9.30. The lowest BCUT2D eigenvalue weighted by molar-refractivity contribution is -0.00870. The minimum Gasteiger partial charge on any atom is -0.454 e. The van der Waals surface area contributed by atoms with Crippen LogP contribution < -0.4 is 14.8 Å². The normalized spacial score (nSPS) is 25.8. The van der Waals surface area contributed by atoms with E-state index < -0.39 is 0 Å². The number of rotatable bonds is 8. The molecule has 1 N–H and O–H groups in total. The van der Waals surface area contributed by atoms with Crippen LogP contribution >= 0.6 is 0 Å². The first-order valence-electron chi connectivity index (χ1n) is 11.7. The highest BCUT2D eigenvalue weighted by Gasteiger charge is 2.40. The summed E-state index contributed by atoms with van der Waals surface area (Å²) in [7, 11) is 2.23. The Labute approximate surface area is 189 Å². The zero-order valence-electron chi connectivity index (χ0n) is 18.7. The molecule has 2 bridgehead atoms. The minimum absolute atomic E-state index is 0.0447. The average Bonchev–Trinajstić information content (AvgIpc) is 3.30. The maximum Gasteiger partial charge on any atom is 0.251 e. The molecule has 4 atom stereocenters. The van der Waals surface area contributed by atoms with Crippen molar-refractivity contribution in [3.63, 3.8) is 0 Å². The Kier molecular flexibility index (Phi) is 6.28. The molecule has 7 heteroatoms. The third-order valence-electron chi connectivity index (χ3n) is 7.17. The number of fused-ring (bicyclic) bond motifs is 4. The fourth-order valence-corrected chi connectivity index (χ4v) is 5.36. The first-order valence-corrected chi connectivity index (χ1v) is 11.7. The molecule has 3 fully saturated rings. The third kappa shape index (κ3) is 4.74. The van der Waals surface area contributed by atoms with Gasteiger partial charge in [0.1, 0.15) is 0 Å². The van der Waals surface area contributed by atoms with Crippen molar-refractivity contribution in [1.29, 1.82) is 0 Å². The lowest BCUT2D eigenvalue weighted by atomic mass is 9.75. The number of carbonyl (C=O) groups excluding carboxylic acids is 1. The van der Waals surface area contributed by atoms with Gasteiger partial charge in [-0.3, -0.25) is 14.7 Å². The Balaban J connectivity index is 1.09. The van der Waals surface area contributed by atoms with Gasteiger partial charge in [0.15, 0.2) is 11.5 Å². The van der Waals surface area contributed by atoms with Crippen LogP contribution in [0.4, 0.5) is 0 Å². The zero-order valence-corrected chi connectivity index (χ0v) is 18.7. The van der Waals surface area contributed by atoms with Gasteiger partial charge in [-0.25, -0.2) is 0 Å². The Morgan fingerprint density at radius 3 is 2.97 bits per heavy atom. The number of nitrogens with zero attached hydrogens (tertiary/aromatic N) is 3. The summed E-state index contributed by atoms with van der Waals surface area (Å²) in [6.07, 6.45) is 5.30. The standard InChI is InChI=1S/C25H32N4O3/c1-28(10-8-21-4-2-3-9-26-21)15-20-16-29-11-7-18(20)12-22(29)14-27-25(30)19-5-6-23-24(13-19)32-17-31-23/h2-6,9,13,18,20,22H,7-8,10-12,14-17H2,1H3,(H,27,30)/t18-,20-,22+/m0/s1. The van der Waals surface area contributed by atoms with E-state index in [4.69, 9.17) is 9.47 Å². The quantitative estimate of drug-likeness (QED) is 0.686. The summed E-state index contributed by atoms with van der Waals surface area (Å²) in [6, 6.07) is 11.9. The van der Waals surface area contributed by atoms with Crippen molar-refractivity contribution < 1.29 is 14.3 Å². The van der Waals surface area contributed by atoms with Gasteiger partial charge in [0.25, 0.3) is 5.91 Å². The number of pyridine rings is 1. The minimum atomic E-state index is -0.0447. The van der Waals surface area contributed by atoms with Gasteiger partial charge in [-0.05, 0) is 68.6 Å². The Hall–Kier alpha value is -2.64. The van der Waals surface area contributed by atoms with Crippen LogP contribution in [0.3, 0.4) is 0 Å². The van der Waals surface area contributed by atoms with E-state index >= 15 is 0 Å². The monoisotopic (exact) mass is 436 g/mol. The van der Waals surface area contributed by atoms with E-state index in [1.807, 2.05) is 12.3 Å². The van der Waals surface area contributed by atoms with Crippen LogP contribution in [0, 0.1) is 11.8 Å². The zero-order chi connectivity index (χ0) is 21.9. The molecule has 1 amide bonds. The molecule has 0 radical (unpaired) electrons. The SMILES string of the molecule is CN(CCc1ccccn1)C[C@H]1CN2CC[C@H]1C[C@@H]2CNC(=O)c1ccc2c(c1)OCO2. The molecule has 0 spiro atoms. The fraction of sp³-hybridized carbons (Fsp3) is 0.520. The van der Waals surface area contributed by atoms with E-state index in [2.05, 4.69) is 39.3 Å². The van der Waals surface area contributed by atoms with Gasteiger partial charge in [0.2, 0.25) is 6.79 Å². The Morgan fingerprint density at radius 2 is 2.16 bits per heavy atom. The maximum atomic E-state index is 12.7. The van der Waals surface area contributed by atoms with Gasteiger partial charge in [-0.1, -0.05) is 6.07 Å². The van der Waals surface area contributed by atoms with Crippen LogP contribution in [-0.2, 0) is 6.42 Å². The number of piperidine rings is 3. The van der Waals surface area contributed by atoms with Crippen molar-refractivity contribution in [2.75, 3.05) is 46.6 Å². The molecule has 4 aliphatic heterocycles. The van der Waals surface area contributed by atoms with Crippen LogP contribution in [0.25, 0.3) is 0 Å². The predicted molar refractivity (Wildman–Crippen MR) is 122 cm³/mol. The molecule has 0 saturated carbocycles. The van der Waals surface area contributed by atoms with Gasteiger partial charge in [0, 0.05) is 56.1 Å². The number of amides is 1. The van der Waals surface area contributed by atoms with E-state index in [-0.39, 0.29) is 12.7 Å². The van der Waals surface area contributed by atoms with E-state index in [0.29, 0.717) is 35.6 Å². The fourth-order valence-electron chi connectivity index (χ4n) is 5.36. The summed E-state index contributed by atoms with van der Waals surface area (Å²) >= 11 is 0. The first kappa shape index (κ1) is 21.2. The number of nitrogens with one attached hydrogen (secondary N) is 1. The van der Waals surface area contributed by atoms with Crippen molar-refractivity contribution in [2.45, 2.75) is 25.3 Å². The molecule has 7 nitrogen and oxygen atoms in total. The van der Waals surface area contributed by atoms with Gasteiger partial charge in [-0.15, -0.1) is 0 Å². The Bertz CT molecular complexity index is 938. The summed E-state index contributed by atoms with van der Waals surface area (Å²) in [5.74, 6) is 2.75. The Morgan fingerprint density at radius 1 is 1.25 bits per heavy atom. The molecular formula is C25H32N4O3. The van der Waals surface area contributed by atoms with Crippen molar-refractivity contribution >= 4 is 5.91 Å². The highest BCUT2D eigenvalue weighted by molar-refractivity contribution is 5.94. The predicted octanol–water partition coefficient (Wildman–Crippen LogP) is 2.42. The third-order valence-corrected chi connectivity index (χ3v) is 7.17. The summed E-state index contributed by atoms with van der Waals surface area (Å²) in [6.45, 7) is 5.36. The molecule has 32 heavy (non-hydrogen) atoms. The van der Waals surface area contributed by atoms with Gasteiger partial charge in [-0.2, -0.15) is 0 Å². The van der Waals surface area contributed by atoms with Crippen molar-refractivity contribution in [3.8, 4) is 11.5 Å². The average molecular weight is 437 g/mol. The molecule has 2 aromatic rings. The molecule has 170 valence electrons. The molecular weight excluding hydrogens is 404 g/mol. The summed E-state index contributed by atoms with van der Waals surface area (Å²) in [5, 5.41) is 3.14. The van der Waals surface area contributed by atoms with Crippen molar-refractivity contribution in [1.82, 2.24) is 20.1 Å². The molecule has 1 unspecified atom stereocenters. The number of likely N-dealkylation sites (N-methyl/N-ethyl adjacent to an activating group) is 1. The van der Waals surface area contributed by atoms with Crippen LogP contribution in [0.1, 0.15) is 28.9 Å². The van der Waals surface area contributed by atoms with Crippen LogP contribution in [0.15, 0.2) is 42.6 Å². The van der Waals surface area contributed by atoms with Gasteiger partial charge in [0.05, 0.1) is 0 Å². The molecule has 4 aliphatic rings. The number of carbonyl (C=O) groups is 1. The lowest BCUT2D eigenvalue weighted by Gasteiger charge is -2.50. The van der Waals surface area contributed by atoms with E-state index in [0.717, 1.165) is 44.2 Å². The largest absolute Gasteiger partial charge is 0.454 e.